The molecule has 0 N–H and O–H groups in total. The number of nitrogens with zero attached hydrogens (tertiary/aromatic N) is 5. The molecule has 0 aromatic carbocycles. The monoisotopic (exact) mass is 347 g/mol. The Morgan fingerprint density at radius 3 is 2.40 bits per heavy atom. The molecule has 3 heterocycles. The number of carbonyl (C=O) groups excluding carboxylic acids is 1. The molecule has 1 aromatic heterocycles. The Labute approximate surface area is 149 Å². The zero-order valence-corrected chi connectivity index (χ0v) is 15.4. The quantitative estimate of drug-likeness (QED) is 0.802. The highest BCUT2D eigenvalue weighted by Gasteiger charge is 2.26. The van der Waals surface area contributed by atoms with E-state index in [1.54, 1.807) is 0 Å². The minimum absolute atomic E-state index is 0.169. The average molecular weight is 347 g/mol. The molecule has 2 fully saturated rings. The van der Waals surface area contributed by atoms with E-state index in [9.17, 15) is 4.79 Å². The number of rotatable bonds is 5. The van der Waals surface area contributed by atoms with Crippen LogP contribution in [0.4, 0.5) is 11.5 Å². The Kier molecular flexibility index (Phi) is 6.07. The van der Waals surface area contributed by atoms with E-state index < -0.39 is 0 Å². The first kappa shape index (κ1) is 17.9. The van der Waals surface area contributed by atoms with Gasteiger partial charge in [-0.2, -0.15) is 5.10 Å². The summed E-state index contributed by atoms with van der Waals surface area (Å²) >= 11 is 0. The normalized spacial score (nSPS) is 18.8. The van der Waals surface area contributed by atoms with Crippen LogP contribution in [0.1, 0.15) is 26.7 Å². The van der Waals surface area contributed by atoms with Gasteiger partial charge in [0.15, 0.2) is 5.82 Å². The highest BCUT2D eigenvalue weighted by Crippen LogP contribution is 2.22. The van der Waals surface area contributed by atoms with Crippen LogP contribution < -0.4 is 9.80 Å². The second kappa shape index (κ2) is 8.47. The van der Waals surface area contributed by atoms with Gasteiger partial charge in [-0.05, 0) is 12.8 Å². The van der Waals surface area contributed by atoms with Gasteiger partial charge in [0.2, 0.25) is 5.91 Å². The molecule has 1 amide bonds. The van der Waals surface area contributed by atoms with Gasteiger partial charge in [0, 0.05) is 51.3 Å². The van der Waals surface area contributed by atoms with E-state index in [0.29, 0.717) is 5.91 Å². The Morgan fingerprint density at radius 1 is 1.08 bits per heavy atom. The predicted octanol–water partition coefficient (Wildman–Crippen LogP) is 1.40. The molecule has 1 aromatic rings. The molecule has 3 rings (SSSR count). The molecule has 0 bridgehead atoms. The van der Waals surface area contributed by atoms with Gasteiger partial charge in [-0.3, -0.25) is 4.79 Å². The Balaban J connectivity index is 1.60. The highest BCUT2D eigenvalue weighted by atomic mass is 16.5. The van der Waals surface area contributed by atoms with Gasteiger partial charge in [-0.25, -0.2) is 0 Å². The third kappa shape index (κ3) is 4.21. The van der Waals surface area contributed by atoms with Crippen LogP contribution in [-0.4, -0.2) is 73.5 Å². The maximum atomic E-state index is 12.5. The molecule has 0 aliphatic carbocycles. The van der Waals surface area contributed by atoms with Crippen molar-refractivity contribution >= 4 is 17.4 Å². The minimum Gasteiger partial charge on any atom is -0.378 e. The van der Waals surface area contributed by atoms with Crippen molar-refractivity contribution in [2.24, 2.45) is 5.92 Å². The number of piperazine rings is 1. The van der Waals surface area contributed by atoms with Crippen molar-refractivity contribution in [3.05, 3.63) is 12.3 Å². The van der Waals surface area contributed by atoms with Crippen LogP contribution >= 0.6 is 0 Å². The van der Waals surface area contributed by atoms with Crippen LogP contribution in [0, 0.1) is 5.92 Å². The van der Waals surface area contributed by atoms with Crippen molar-refractivity contribution in [1.29, 1.82) is 0 Å². The van der Waals surface area contributed by atoms with Crippen molar-refractivity contribution in [2.45, 2.75) is 26.7 Å². The van der Waals surface area contributed by atoms with E-state index in [1.165, 1.54) is 0 Å². The summed E-state index contributed by atoms with van der Waals surface area (Å²) in [5, 5.41) is 8.46. The third-order valence-electron chi connectivity index (χ3n) is 5.25. The number of anilines is 2. The fraction of sp³-hybridized carbons (Fsp3) is 0.722. The first-order valence-electron chi connectivity index (χ1n) is 9.42. The fourth-order valence-electron chi connectivity index (χ4n) is 3.55. The van der Waals surface area contributed by atoms with Gasteiger partial charge >= 0.3 is 0 Å². The van der Waals surface area contributed by atoms with Crippen molar-refractivity contribution in [2.75, 3.05) is 62.3 Å². The molecule has 2 aliphatic rings. The van der Waals surface area contributed by atoms with Crippen LogP contribution in [-0.2, 0) is 9.53 Å². The van der Waals surface area contributed by atoms with E-state index in [0.717, 1.165) is 76.8 Å². The molecule has 0 spiro atoms. The van der Waals surface area contributed by atoms with Crippen LogP contribution in [0.5, 0.6) is 0 Å². The summed E-state index contributed by atoms with van der Waals surface area (Å²) in [7, 11) is 0. The molecule has 2 saturated heterocycles. The average Bonchev–Trinajstić information content (AvgIpc) is 2.70. The standard InChI is InChI=1S/C18H29N5O2/c1-3-15(4-2)18(24)23-7-5-21(6-8-23)16-13-17(20-19-14-16)22-9-11-25-12-10-22/h13-15H,3-12H2,1-2H3. The summed E-state index contributed by atoms with van der Waals surface area (Å²) in [6.45, 7) is 10.6. The molecular formula is C18H29N5O2. The molecule has 0 saturated carbocycles. The lowest BCUT2D eigenvalue weighted by molar-refractivity contribution is -0.136. The number of amides is 1. The lowest BCUT2D eigenvalue weighted by Crippen LogP contribution is -2.50. The van der Waals surface area contributed by atoms with E-state index in [4.69, 9.17) is 4.74 Å². The van der Waals surface area contributed by atoms with Gasteiger partial charge in [0.25, 0.3) is 0 Å². The van der Waals surface area contributed by atoms with E-state index in [1.807, 2.05) is 11.1 Å². The molecule has 0 atom stereocenters. The topological polar surface area (TPSA) is 61.8 Å². The second-order valence-corrected chi connectivity index (χ2v) is 6.70. The summed E-state index contributed by atoms with van der Waals surface area (Å²) in [4.78, 5) is 19.1. The molecule has 2 aliphatic heterocycles. The number of aromatic nitrogens is 2. The molecular weight excluding hydrogens is 318 g/mol. The van der Waals surface area contributed by atoms with Crippen LogP contribution in [0.15, 0.2) is 12.3 Å². The zero-order chi connectivity index (χ0) is 17.6. The summed E-state index contributed by atoms with van der Waals surface area (Å²) in [5.41, 5.74) is 1.09. The fourth-order valence-corrected chi connectivity index (χ4v) is 3.55. The van der Waals surface area contributed by atoms with Crippen molar-refractivity contribution in [3.63, 3.8) is 0 Å². The Hall–Kier alpha value is -1.89. The third-order valence-corrected chi connectivity index (χ3v) is 5.25. The number of morpholine rings is 1. The first-order valence-corrected chi connectivity index (χ1v) is 9.42. The van der Waals surface area contributed by atoms with Gasteiger partial charge in [-0.1, -0.05) is 13.8 Å². The number of hydrogen-bond donors (Lipinski definition) is 0. The maximum absolute atomic E-state index is 12.5. The zero-order valence-electron chi connectivity index (χ0n) is 15.4. The summed E-state index contributed by atoms with van der Waals surface area (Å²) in [6.07, 6.45) is 3.67. The Bertz CT molecular complexity index is 564. The smallest absolute Gasteiger partial charge is 0.225 e. The summed E-state index contributed by atoms with van der Waals surface area (Å²) < 4.78 is 5.40. The molecule has 7 nitrogen and oxygen atoms in total. The second-order valence-electron chi connectivity index (χ2n) is 6.70. The maximum Gasteiger partial charge on any atom is 0.225 e. The van der Waals surface area contributed by atoms with Crippen LogP contribution in [0.2, 0.25) is 0 Å². The van der Waals surface area contributed by atoms with Crippen molar-refractivity contribution < 1.29 is 9.53 Å². The SMILES string of the molecule is CCC(CC)C(=O)N1CCN(c2cnnc(N3CCOCC3)c2)CC1. The highest BCUT2D eigenvalue weighted by molar-refractivity contribution is 5.79. The largest absolute Gasteiger partial charge is 0.378 e. The van der Waals surface area contributed by atoms with Gasteiger partial charge in [0.1, 0.15) is 0 Å². The number of hydrogen-bond acceptors (Lipinski definition) is 6. The Morgan fingerprint density at radius 2 is 1.76 bits per heavy atom. The molecule has 0 unspecified atom stereocenters. The molecule has 7 heteroatoms. The van der Waals surface area contributed by atoms with Crippen LogP contribution in [0.3, 0.4) is 0 Å². The number of ether oxygens (including phenoxy) is 1. The van der Waals surface area contributed by atoms with Crippen LogP contribution in [0.25, 0.3) is 0 Å². The summed E-state index contributed by atoms with van der Waals surface area (Å²) in [5.74, 6) is 1.39. The lowest BCUT2D eigenvalue weighted by Gasteiger charge is -2.37. The molecule has 25 heavy (non-hydrogen) atoms. The predicted molar refractivity (Wildman–Crippen MR) is 97.9 cm³/mol. The first-order chi connectivity index (χ1) is 12.2. The summed E-state index contributed by atoms with van der Waals surface area (Å²) in [6, 6.07) is 2.11. The van der Waals surface area contributed by atoms with Crippen molar-refractivity contribution in [3.8, 4) is 0 Å². The van der Waals surface area contributed by atoms with Gasteiger partial charge < -0.3 is 19.4 Å². The lowest BCUT2D eigenvalue weighted by atomic mass is 10.0. The van der Waals surface area contributed by atoms with Gasteiger partial charge in [0.05, 0.1) is 25.1 Å². The molecule has 0 radical (unpaired) electrons. The van der Waals surface area contributed by atoms with Crippen molar-refractivity contribution in [1.82, 2.24) is 15.1 Å². The van der Waals surface area contributed by atoms with Gasteiger partial charge in [-0.15, -0.1) is 5.10 Å². The van der Waals surface area contributed by atoms with E-state index in [2.05, 4.69) is 39.9 Å². The minimum atomic E-state index is 0.169. The molecule has 138 valence electrons. The van der Waals surface area contributed by atoms with E-state index in [-0.39, 0.29) is 5.92 Å². The number of carbonyl (C=O) groups is 1. The van der Waals surface area contributed by atoms with E-state index >= 15 is 0 Å².